The molecule has 11 heteroatoms. The van der Waals surface area contributed by atoms with Gasteiger partial charge in [0.1, 0.15) is 0 Å². The van der Waals surface area contributed by atoms with E-state index in [4.69, 9.17) is 29.0 Å². The lowest BCUT2D eigenvalue weighted by Gasteiger charge is -2.07. The van der Waals surface area contributed by atoms with E-state index in [2.05, 4.69) is 20.8 Å². The number of nitrogen functional groups attached to an aromatic ring is 1. The number of carbonyl (C=O) groups excluding carboxylic acids is 2. The summed E-state index contributed by atoms with van der Waals surface area (Å²) in [5.74, 6) is 5.75. The summed E-state index contributed by atoms with van der Waals surface area (Å²) in [4.78, 5) is 23.8. The fourth-order valence-corrected chi connectivity index (χ4v) is 3.37. The van der Waals surface area contributed by atoms with Crippen molar-refractivity contribution in [3.63, 3.8) is 0 Å². The normalized spacial score (nSPS) is 10.6. The topological polar surface area (TPSA) is 115 Å². The van der Waals surface area contributed by atoms with Crippen molar-refractivity contribution in [2.75, 3.05) is 11.6 Å². The van der Waals surface area contributed by atoms with E-state index >= 15 is 0 Å². The van der Waals surface area contributed by atoms with E-state index in [1.165, 1.54) is 4.68 Å². The minimum absolute atomic E-state index is 0.0721. The highest BCUT2D eigenvalue weighted by molar-refractivity contribution is 7.99. The van der Waals surface area contributed by atoms with Crippen LogP contribution in [0.2, 0.25) is 10.0 Å². The first-order valence-electron chi connectivity index (χ1n) is 8.34. The lowest BCUT2D eigenvalue weighted by molar-refractivity contribution is -0.117. The third-order valence-corrected chi connectivity index (χ3v) is 5.22. The van der Waals surface area contributed by atoms with Gasteiger partial charge < -0.3 is 11.2 Å². The molecule has 0 radical (unpaired) electrons. The highest BCUT2D eigenvalue weighted by atomic mass is 35.5. The van der Waals surface area contributed by atoms with Crippen molar-refractivity contribution in [2.24, 2.45) is 0 Å². The molecule has 0 saturated heterocycles. The van der Waals surface area contributed by atoms with Crippen LogP contribution in [0.15, 0.2) is 53.7 Å². The predicted octanol–water partition coefficient (Wildman–Crippen LogP) is 3.08. The fourth-order valence-electron chi connectivity index (χ4n) is 2.34. The van der Waals surface area contributed by atoms with Gasteiger partial charge in [-0.3, -0.25) is 10.1 Å². The van der Waals surface area contributed by atoms with Gasteiger partial charge in [0, 0.05) is 17.1 Å². The number of hydrogen-bond acceptors (Lipinski definition) is 6. The molecule has 8 nitrogen and oxygen atoms in total. The Labute approximate surface area is 180 Å². The number of nitrogens with two attached hydrogens (primary N) is 1. The van der Waals surface area contributed by atoms with Crippen LogP contribution in [0, 0.1) is 0 Å². The molecule has 150 valence electrons. The van der Waals surface area contributed by atoms with Gasteiger partial charge in [0.2, 0.25) is 11.1 Å². The maximum Gasteiger partial charge on any atom is 0.321 e. The SMILES string of the molecule is Nn1c(SCC(=O)NC(=O)NCc2ccccc2)nnc1-c1cc(Cl)ccc1Cl. The first-order chi connectivity index (χ1) is 13.9. The van der Waals surface area contributed by atoms with Crippen LogP contribution < -0.4 is 16.5 Å². The minimum Gasteiger partial charge on any atom is -0.335 e. The van der Waals surface area contributed by atoms with Crippen LogP contribution in [0.5, 0.6) is 0 Å². The number of thioether (sulfide) groups is 1. The smallest absolute Gasteiger partial charge is 0.321 e. The number of hydrogen-bond donors (Lipinski definition) is 3. The number of nitrogens with zero attached hydrogens (tertiary/aromatic N) is 3. The molecule has 3 rings (SSSR count). The maximum absolute atomic E-state index is 12.0. The Hall–Kier alpha value is -2.75. The summed E-state index contributed by atoms with van der Waals surface area (Å²) < 4.78 is 1.21. The molecule has 0 aliphatic heterocycles. The van der Waals surface area contributed by atoms with Crippen molar-refractivity contribution in [1.29, 1.82) is 0 Å². The first-order valence-corrected chi connectivity index (χ1v) is 10.1. The molecule has 29 heavy (non-hydrogen) atoms. The van der Waals surface area contributed by atoms with Gasteiger partial charge in [0.05, 0.1) is 10.8 Å². The number of nitrogens with one attached hydrogen (secondary N) is 2. The summed E-state index contributed by atoms with van der Waals surface area (Å²) in [7, 11) is 0. The van der Waals surface area contributed by atoms with Gasteiger partial charge in [-0.05, 0) is 23.8 Å². The summed E-state index contributed by atoms with van der Waals surface area (Å²) in [6.45, 7) is 0.313. The van der Waals surface area contributed by atoms with Crippen LogP contribution in [0.25, 0.3) is 11.4 Å². The molecule has 3 aromatic rings. The van der Waals surface area contributed by atoms with E-state index in [0.29, 0.717) is 28.0 Å². The number of rotatable bonds is 6. The number of benzene rings is 2. The Morgan fingerprint density at radius 2 is 1.86 bits per heavy atom. The van der Waals surface area contributed by atoms with Gasteiger partial charge in [0.25, 0.3) is 0 Å². The highest BCUT2D eigenvalue weighted by Crippen LogP contribution is 2.30. The van der Waals surface area contributed by atoms with E-state index in [9.17, 15) is 9.59 Å². The monoisotopic (exact) mass is 450 g/mol. The van der Waals surface area contributed by atoms with E-state index in [1.54, 1.807) is 18.2 Å². The molecule has 0 spiro atoms. The van der Waals surface area contributed by atoms with Crippen molar-refractivity contribution < 1.29 is 9.59 Å². The highest BCUT2D eigenvalue weighted by Gasteiger charge is 2.17. The van der Waals surface area contributed by atoms with Gasteiger partial charge in [0.15, 0.2) is 5.82 Å². The quantitative estimate of drug-likeness (QED) is 0.392. The van der Waals surface area contributed by atoms with Crippen LogP contribution in [0.1, 0.15) is 5.56 Å². The summed E-state index contributed by atoms with van der Waals surface area (Å²) in [5.41, 5.74) is 1.44. The number of halogens is 2. The molecule has 4 N–H and O–H groups in total. The fraction of sp³-hybridized carbons (Fsp3) is 0.111. The zero-order valence-electron chi connectivity index (χ0n) is 14.9. The lowest BCUT2D eigenvalue weighted by Crippen LogP contribution is -2.40. The molecule has 0 saturated carbocycles. The Balaban J connectivity index is 1.53. The molecule has 1 aromatic heterocycles. The molecule has 3 amide bonds. The largest absolute Gasteiger partial charge is 0.335 e. The molecule has 0 atom stereocenters. The molecule has 2 aromatic carbocycles. The molecular weight excluding hydrogens is 435 g/mol. The zero-order chi connectivity index (χ0) is 20.8. The summed E-state index contributed by atoms with van der Waals surface area (Å²) in [6.07, 6.45) is 0. The number of urea groups is 1. The predicted molar refractivity (Wildman–Crippen MR) is 113 cm³/mol. The molecule has 0 aliphatic rings. The van der Waals surface area contributed by atoms with Crippen molar-refractivity contribution in [1.82, 2.24) is 25.5 Å². The number of aromatic nitrogens is 3. The Kier molecular flexibility index (Phi) is 6.97. The molecule has 0 fully saturated rings. The molecular formula is C18H16Cl2N6O2S. The van der Waals surface area contributed by atoms with Crippen LogP contribution in [0.3, 0.4) is 0 Å². The Bertz CT molecular complexity index is 1030. The average Bonchev–Trinajstić information content (AvgIpc) is 3.07. The van der Waals surface area contributed by atoms with Gasteiger partial charge in [-0.25, -0.2) is 9.47 Å². The lowest BCUT2D eigenvalue weighted by atomic mass is 10.2. The standard InChI is InChI=1S/C18H16Cl2N6O2S/c19-12-6-7-14(20)13(8-12)16-24-25-18(26(16)21)29-10-15(27)23-17(28)22-9-11-4-2-1-3-5-11/h1-8H,9-10,21H2,(H2,22,23,27,28). The third kappa shape index (κ3) is 5.63. The van der Waals surface area contributed by atoms with E-state index < -0.39 is 11.9 Å². The molecule has 0 bridgehead atoms. The van der Waals surface area contributed by atoms with Gasteiger partial charge in [-0.15, -0.1) is 10.2 Å². The number of imide groups is 1. The van der Waals surface area contributed by atoms with Crippen molar-refractivity contribution in [3.8, 4) is 11.4 Å². The summed E-state index contributed by atoms with van der Waals surface area (Å²) in [5, 5.41) is 14.0. The maximum atomic E-state index is 12.0. The molecule has 0 aliphatic carbocycles. The Morgan fingerprint density at radius 3 is 2.62 bits per heavy atom. The second-order valence-corrected chi connectivity index (χ2v) is 7.59. The van der Waals surface area contributed by atoms with Crippen molar-refractivity contribution in [3.05, 3.63) is 64.1 Å². The van der Waals surface area contributed by atoms with Gasteiger partial charge >= 0.3 is 6.03 Å². The second-order valence-electron chi connectivity index (χ2n) is 5.81. The van der Waals surface area contributed by atoms with Crippen molar-refractivity contribution >= 4 is 46.9 Å². The van der Waals surface area contributed by atoms with E-state index in [0.717, 1.165) is 17.3 Å². The first kappa shape index (κ1) is 21.0. The van der Waals surface area contributed by atoms with Crippen LogP contribution >= 0.6 is 35.0 Å². The van der Waals surface area contributed by atoms with Crippen molar-refractivity contribution in [2.45, 2.75) is 11.7 Å². The van der Waals surface area contributed by atoms with Crippen LogP contribution in [-0.2, 0) is 11.3 Å². The van der Waals surface area contributed by atoms with Crippen LogP contribution in [0.4, 0.5) is 4.79 Å². The second kappa shape index (κ2) is 9.64. The molecule has 1 heterocycles. The Morgan fingerprint density at radius 1 is 1.10 bits per heavy atom. The number of carbonyl (C=O) groups is 2. The van der Waals surface area contributed by atoms with E-state index in [-0.39, 0.29) is 10.9 Å². The molecule has 0 unspecified atom stereocenters. The van der Waals surface area contributed by atoms with Gasteiger partial charge in [-0.2, -0.15) is 0 Å². The average molecular weight is 451 g/mol. The van der Waals surface area contributed by atoms with E-state index in [1.807, 2.05) is 30.3 Å². The third-order valence-electron chi connectivity index (χ3n) is 3.72. The summed E-state index contributed by atoms with van der Waals surface area (Å²) >= 11 is 13.2. The number of amides is 3. The van der Waals surface area contributed by atoms with Crippen LogP contribution in [-0.4, -0.2) is 32.6 Å². The minimum atomic E-state index is -0.583. The zero-order valence-corrected chi connectivity index (χ0v) is 17.3. The summed E-state index contributed by atoms with van der Waals surface area (Å²) in [6, 6.07) is 13.7. The van der Waals surface area contributed by atoms with Gasteiger partial charge in [-0.1, -0.05) is 65.3 Å².